The molecule has 5 aliphatic carbocycles. The summed E-state index contributed by atoms with van der Waals surface area (Å²) in [4.78, 5) is 0. The maximum atomic E-state index is 12.8. The van der Waals surface area contributed by atoms with Crippen LogP contribution >= 0.6 is 0 Å². The lowest BCUT2D eigenvalue weighted by molar-refractivity contribution is -0.303. The van der Waals surface area contributed by atoms with Crippen LogP contribution in [0.4, 0.5) is 0 Å². The summed E-state index contributed by atoms with van der Waals surface area (Å²) in [6.45, 7) is 18.7. The van der Waals surface area contributed by atoms with Crippen molar-refractivity contribution >= 4 is 0 Å². The van der Waals surface area contributed by atoms with E-state index in [1.807, 2.05) is 6.92 Å². The second kappa shape index (κ2) is 9.91. The Kier molecular flexibility index (Phi) is 7.07. The van der Waals surface area contributed by atoms with Gasteiger partial charge >= 0.3 is 0 Å². The Balaban J connectivity index is 1.09. The Morgan fingerprint density at radius 2 is 1.57 bits per heavy atom. The highest BCUT2D eigenvalue weighted by atomic mass is 16.8. The maximum absolute atomic E-state index is 12.8. The van der Waals surface area contributed by atoms with Gasteiger partial charge < -0.3 is 44.1 Å². The second-order valence-electron chi connectivity index (χ2n) is 18.7. The van der Waals surface area contributed by atoms with E-state index in [-0.39, 0.29) is 57.9 Å². The summed E-state index contributed by atoms with van der Waals surface area (Å²) in [7, 11) is 0. The largest absolute Gasteiger partial charge is 0.388 e. The standard InChI is InChI=1S/C37H60O9/c1-9-43-32(5,6)28-21-16-19(2)27-33(7)14-15-36-18-35(36)13-12-24(44-29-26(40)25(39)20(38)17-42-29)31(3,4)22(35)10-11-23(36)34(33,8)30(41)37(27,45-21)46-28/h19-30,38-41H,9-18H2,1-8H3/t19-,20-,21-,22+,23+,24+,25+,26-,27-,28+,29+,30-,33-,34-,35-,36+,37-/m1/s1. The lowest BCUT2D eigenvalue weighted by Crippen LogP contribution is -2.61. The number of ether oxygens (including phenoxy) is 5. The van der Waals surface area contributed by atoms with Crippen molar-refractivity contribution in [3.63, 3.8) is 0 Å². The van der Waals surface area contributed by atoms with Gasteiger partial charge in [-0.05, 0) is 112 Å². The summed E-state index contributed by atoms with van der Waals surface area (Å²) in [5.74, 6) is 0.343. The number of hydrogen-bond acceptors (Lipinski definition) is 9. The van der Waals surface area contributed by atoms with Crippen molar-refractivity contribution in [1.82, 2.24) is 0 Å². The molecule has 4 N–H and O–H groups in total. The fraction of sp³-hybridized carbons (Fsp3) is 1.00. The number of hydrogen-bond donors (Lipinski definition) is 4. The van der Waals surface area contributed by atoms with Crippen molar-refractivity contribution in [2.75, 3.05) is 13.2 Å². The molecule has 0 aromatic carbocycles. The zero-order chi connectivity index (χ0) is 33.0. The second-order valence-corrected chi connectivity index (χ2v) is 18.7. The van der Waals surface area contributed by atoms with Crippen molar-refractivity contribution in [1.29, 1.82) is 0 Å². The van der Waals surface area contributed by atoms with Gasteiger partial charge in [0.2, 0.25) is 0 Å². The third-order valence-corrected chi connectivity index (χ3v) is 16.4. The van der Waals surface area contributed by atoms with Crippen molar-refractivity contribution < 1.29 is 44.1 Å². The van der Waals surface area contributed by atoms with E-state index < -0.39 is 42.1 Å². The monoisotopic (exact) mass is 648 g/mol. The van der Waals surface area contributed by atoms with Crippen LogP contribution in [0, 0.1) is 50.7 Å². The molecule has 8 fully saturated rings. The summed E-state index contributed by atoms with van der Waals surface area (Å²) >= 11 is 0. The van der Waals surface area contributed by atoms with Crippen molar-refractivity contribution in [3.8, 4) is 0 Å². The Morgan fingerprint density at radius 3 is 2.28 bits per heavy atom. The molecule has 46 heavy (non-hydrogen) atoms. The van der Waals surface area contributed by atoms with Crippen molar-refractivity contribution in [2.45, 2.75) is 167 Å². The molecule has 8 rings (SSSR count). The lowest BCUT2D eigenvalue weighted by atomic mass is 9.41. The average molecular weight is 649 g/mol. The molecule has 0 amide bonds. The third kappa shape index (κ3) is 3.69. The van der Waals surface area contributed by atoms with E-state index in [2.05, 4.69) is 48.5 Å². The van der Waals surface area contributed by atoms with Gasteiger partial charge in [0.25, 0.3) is 0 Å². The molecule has 0 unspecified atom stereocenters. The third-order valence-electron chi connectivity index (χ3n) is 16.4. The molecular formula is C37H60O9. The fourth-order valence-electron chi connectivity index (χ4n) is 14.4. The molecule has 5 saturated carbocycles. The number of aliphatic hydroxyl groups is 4. The van der Waals surface area contributed by atoms with Crippen LogP contribution in [-0.2, 0) is 23.7 Å². The first-order chi connectivity index (χ1) is 21.5. The van der Waals surface area contributed by atoms with Crippen LogP contribution in [-0.4, -0.2) is 94.0 Å². The highest BCUT2D eigenvalue weighted by Crippen LogP contribution is 2.90. The van der Waals surface area contributed by atoms with Gasteiger partial charge in [-0.2, -0.15) is 0 Å². The van der Waals surface area contributed by atoms with E-state index in [0.717, 1.165) is 38.5 Å². The van der Waals surface area contributed by atoms with Crippen LogP contribution in [0.25, 0.3) is 0 Å². The molecule has 2 bridgehead atoms. The van der Waals surface area contributed by atoms with Gasteiger partial charge in [-0.1, -0.05) is 34.6 Å². The zero-order valence-corrected chi connectivity index (χ0v) is 29.3. The van der Waals surface area contributed by atoms with Gasteiger partial charge in [-0.3, -0.25) is 0 Å². The number of rotatable bonds is 5. The first-order valence-electron chi connectivity index (χ1n) is 18.5. The zero-order valence-electron chi connectivity index (χ0n) is 29.3. The highest BCUT2D eigenvalue weighted by Gasteiger charge is 2.88. The Labute approximate surface area is 275 Å². The molecule has 9 heteroatoms. The predicted octanol–water partition coefficient (Wildman–Crippen LogP) is 4.17. The molecule has 0 radical (unpaired) electrons. The first-order valence-corrected chi connectivity index (χ1v) is 18.5. The van der Waals surface area contributed by atoms with Gasteiger partial charge in [0.1, 0.15) is 30.5 Å². The molecule has 3 saturated heterocycles. The van der Waals surface area contributed by atoms with Crippen LogP contribution in [0.2, 0.25) is 0 Å². The summed E-state index contributed by atoms with van der Waals surface area (Å²) in [5.41, 5.74) is -0.714. The van der Waals surface area contributed by atoms with E-state index in [4.69, 9.17) is 23.7 Å². The fourth-order valence-corrected chi connectivity index (χ4v) is 14.4. The van der Waals surface area contributed by atoms with Gasteiger partial charge in [0.05, 0.1) is 24.4 Å². The van der Waals surface area contributed by atoms with Crippen LogP contribution in [0.3, 0.4) is 0 Å². The Bertz CT molecular complexity index is 1240. The topological polar surface area (TPSA) is 127 Å². The van der Waals surface area contributed by atoms with Crippen LogP contribution in [0.15, 0.2) is 0 Å². The first kappa shape index (κ1) is 32.8. The molecule has 9 nitrogen and oxygen atoms in total. The van der Waals surface area contributed by atoms with Crippen molar-refractivity contribution in [3.05, 3.63) is 0 Å². The minimum atomic E-state index is -1.28. The van der Waals surface area contributed by atoms with Crippen LogP contribution in [0.1, 0.15) is 107 Å². The van der Waals surface area contributed by atoms with E-state index in [1.165, 1.54) is 12.8 Å². The minimum Gasteiger partial charge on any atom is -0.388 e. The highest BCUT2D eigenvalue weighted by molar-refractivity contribution is 5.34. The molecule has 0 aromatic heterocycles. The summed E-state index contributed by atoms with van der Waals surface area (Å²) in [5, 5.41) is 43.7. The predicted molar refractivity (Wildman–Crippen MR) is 168 cm³/mol. The molecule has 0 aromatic rings. The number of aliphatic hydroxyl groups excluding tert-OH is 4. The summed E-state index contributed by atoms with van der Waals surface area (Å²) in [6.07, 6.45) is 2.71. The summed E-state index contributed by atoms with van der Waals surface area (Å²) in [6, 6.07) is 0. The Morgan fingerprint density at radius 1 is 0.870 bits per heavy atom. The smallest absolute Gasteiger partial charge is 0.199 e. The van der Waals surface area contributed by atoms with E-state index >= 15 is 0 Å². The van der Waals surface area contributed by atoms with Gasteiger partial charge in [0, 0.05) is 17.9 Å². The molecule has 8 aliphatic rings. The van der Waals surface area contributed by atoms with Crippen LogP contribution < -0.4 is 0 Å². The lowest BCUT2D eigenvalue weighted by Gasteiger charge is -2.63. The van der Waals surface area contributed by atoms with Crippen molar-refractivity contribution in [2.24, 2.45) is 50.7 Å². The summed E-state index contributed by atoms with van der Waals surface area (Å²) < 4.78 is 32.5. The minimum absolute atomic E-state index is 0.0486. The van der Waals surface area contributed by atoms with E-state index in [0.29, 0.717) is 24.4 Å². The van der Waals surface area contributed by atoms with Gasteiger partial charge in [0.15, 0.2) is 12.1 Å². The van der Waals surface area contributed by atoms with Crippen LogP contribution in [0.5, 0.6) is 0 Å². The van der Waals surface area contributed by atoms with Gasteiger partial charge in [-0.25, -0.2) is 0 Å². The molecule has 3 heterocycles. The molecule has 3 aliphatic heterocycles. The SMILES string of the molecule is CCOC(C)(C)[C@H]1O[C@]23O[C@@H]1C[C@@H](C)[C@@H]2[C@@]1(C)CC[C@@]24C[C@@]25CC[C@H](O[C@@H]2OC[C@@H](O)[C@H](O)[C@H]2O)C(C)(C)[C@@H]5CC[C@H]4[C@]1(C)[C@H]3O. The van der Waals surface area contributed by atoms with E-state index in [9.17, 15) is 20.4 Å². The quantitative estimate of drug-likeness (QED) is 0.325. The molecule has 17 atom stereocenters. The maximum Gasteiger partial charge on any atom is 0.199 e. The normalized spacial score (nSPS) is 60.0. The average Bonchev–Trinajstić information content (AvgIpc) is 3.50. The molecule has 262 valence electrons. The van der Waals surface area contributed by atoms with Gasteiger partial charge in [-0.15, -0.1) is 0 Å². The Hall–Kier alpha value is -0.360. The number of fused-ring (bicyclic) bond motifs is 4. The van der Waals surface area contributed by atoms with E-state index in [1.54, 1.807) is 0 Å². The molecular weight excluding hydrogens is 588 g/mol. The molecule has 3 spiro atoms.